The molecule has 4 heteroatoms. The minimum atomic E-state index is -0.223. The van der Waals surface area contributed by atoms with Gasteiger partial charge < -0.3 is 0 Å². The Morgan fingerprint density at radius 3 is 2.68 bits per heavy atom. The standard InChI is InChI=1S/C15H16BrFN2/c1-10-7-13(17)5-6-14(10)15(19-18)9-11-3-2-4-12(16)8-11/h2-8,15,19H,9,18H2,1H3. The number of hydrazine groups is 1. The molecule has 0 amide bonds. The van der Waals surface area contributed by atoms with E-state index in [9.17, 15) is 4.39 Å². The van der Waals surface area contributed by atoms with Crippen molar-refractivity contribution in [2.45, 2.75) is 19.4 Å². The van der Waals surface area contributed by atoms with Crippen molar-refractivity contribution in [2.24, 2.45) is 5.84 Å². The molecule has 0 bridgehead atoms. The molecule has 0 aliphatic rings. The largest absolute Gasteiger partial charge is 0.271 e. The zero-order valence-corrected chi connectivity index (χ0v) is 12.2. The summed E-state index contributed by atoms with van der Waals surface area (Å²) in [5.74, 6) is 5.42. The van der Waals surface area contributed by atoms with Gasteiger partial charge in [-0.25, -0.2) is 4.39 Å². The van der Waals surface area contributed by atoms with Crippen LogP contribution in [0, 0.1) is 12.7 Å². The Balaban J connectivity index is 2.25. The quantitative estimate of drug-likeness (QED) is 0.666. The fourth-order valence-corrected chi connectivity index (χ4v) is 2.64. The summed E-state index contributed by atoms with van der Waals surface area (Å²) >= 11 is 3.45. The van der Waals surface area contributed by atoms with Crippen LogP contribution < -0.4 is 11.3 Å². The third kappa shape index (κ3) is 3.62. The second-order valence-corrected chi connectivity index (χ2v) is 5.47. The summed E-state index contributed by atoms with van der Waals surface area (Å²) in [4.78, 5) is 0. The number of halogens is 2. The average Bonchev–Trinajstić information content (AvgIpc) is 2.37. The highest BCUT2D eigenvalue weighted by Crippen LogP contribution is 2.23. The van der Waals surface area contributed by atoms with Crippen LogP contribution in [-0.2, 0) is 6.42 Å². The number of nitrogens with one attached hydrogen (secondary N) is 1. The monoisotopic (exact) mass is 322 g/mol. The molecular weight excluding hydrogens is 307 g/mol. The first-order valence-electron chi connectivity index (χ1n) is 6.07. The first kappa shape index (κ1) is 14.2. The molecule has 0 aromatic heterocycles. The average molecular weight is 323 g/mol. The van der Waals surface area contributed by atoms with E-state index in [1.165, 1.54) is 17.7 Å². The number of hydrogen-bond acceptors (Lipinski definition) is 2. The first-order chi connectivity index (χ1) is 9.10. The van der Waals surface area contributed by atoms with E-state index in [0.717, 1.165) is 22.0 Å². The number of aryl methyl sites for hydroxylation is 1. The van der Waals surface area contributed by atoms with Crippen molar-refractivity contribution in [2.75, 3.05) is 0 Å². The summed E-state index contributed by atoms with van der Waals surface area (Å²) in [6.07, 6.45) is 0.752. The van der Waals surface area contributed by atoms with Gasteiger partial charge in [0.05, 0.1) is 6.04 Å². The molecule has 0 spiro atoms. The summed E-state index contributed by atoms with van der Waals surface area (Å²) in [5, 5.41) is 0. The molecule has 1 atom stereocenters. The Kier molecular flexibility index (Phi) is 4.69. The lowest BCUT2D eigenvalue weighted by atomic mass is 9.96. The van der Waals surface area contributed by atoms with Gasteiger partial charge in [0, 0.05) is 4.47 Å². The predicted octanol–water partition coefficient (Wildman–Crippen LogP) is 3.64. The van der Waals surface area contributed by atoms with Crippen LogP contribution >= 0.6 is 15.9 Å². The van der Waals surface area contributed by atoms with E-state index in [4.69, 9.17) is 5.84 Å². The fraction of sp³-hybridized carbons (Fsp3) is 0.200. The van der Waals surface area contributed by atoms with Gasteiger partial charge >= 0.3 is 0 Å². The van der Waals surface area contributed by atoms with Crippen LogP contribution in [0.15, 0.2) is 46.9 Å². The molecule has 0 aliphatic carbocycles. The number of benzene rings is 2. The lowest BCUT2D eigenvalue weighted by molar-refractivity contribution is 0.546. The summed E-state index contributed by atoms with van der Waals surface area (Å²) in [5.41, 5.74) is 5.89. The summed E-state index contributed by atoms with van der Waals surface area (Å²) in [6, 6.07) is 12.8. The van der Waals surface area contributed by atoms with Crippen molar-refractivity contribution < 1.29 is 4.39 Å². The highest BCUT2D eigenvalue weighted by atomic mass is 79.9. The highest BCUT2D eigenvalue weighted by molar-refractivity contribution is 9.10. The number of rotatable bonds is 4. The maximum absolute atomic E-state index is 13.1. The normalized spacial score (nSPS) is 12.4. The molecule has 0 fully saturated rings. The van der Waals surface area contributed by atoms with Crippen LogP contribution in [0.3, 0.4) is 0 Å². The van der Waals surface area contributed by atoms with Crippen LogP contribution in [0.4, 0.5) is 4.39 Å². The minimum Gasteiger partial charge on any atom is -0.271 e. The Labute approximate surface area is 120 Å². The summed E-state index contributed by atoms with van der Waals surface area (Å²) < 4.78 is 14.2. The van der Waals surface area contributed by atoms with E-state index in [2.05, 4.69) is 27.4 Å². The van der Waals surface area contributed by atoms with Gasteiger partial charge in [0.2, 0.25) is 0 Å². The van der Waals surface area contributed by atoms with Gasteiger partial charge in [0.25, 0.3) is 0 Å². The van der Waals surface area contributed by atoms with Crippen molar-refractivity contribution in [3.63, 3.8) is 0 Å². The number of hydrogen-bond donors (Lipinski definition) is 2. The zero-order valence-electron chi connectivity index (χ0n) is 10.7. The molecule has 3 N–H and O–H groups in total. The van der Waals surface area contributed by atoms with Gasteiger partial charge in [-0.3, -0.25) is 11.3 Å². The van der Waals surface area contributed by atoms with Gasteiger partial charge in [0.15, 0.2) is 0 Å². The van der Waals surface area contributed by atoms with Crippen LogP contribution in [0.25, 0.3) is 0 Å². The molecule has 2 nitrogen and oxygen atoms in total. The molecule has 2 aromatic rings. The maximum Gasteiger partial charge on any atom is 0.123 e. The Morgan fingerprint density at radius 1 is 1.26 bits per heavy atom. The van der Waals surface area contributed by atoms with Gasteiger partial charge in [0.1, 0.15) is 5.82 Å². The second kappa shape index (κ2) is 6.28. The molecule has 0 radical (unpaired) electrons. The van der Waals surface area contributed by atoms with Crippen LogP contribution in [0.5, 0.6) is 0 Å². The van der Waals surface area contributed by atoms with Crippen molar-refractivity contribution in [3.8, 4) is 0 Å². The van der Waals surface area contributed by atoms with E-state index in [1.54, 1.807) is 6.07 Å². The Bertz CT molecular complexity index is 572. The predicted molar refractivity (Wildman–Crippen MR) is 79.0 cm³/mol. The lowest BCUT2D eigenvalue weighted by Crippen LogP contribution is -2.30. The van der Waals surface area contributed by atoms with E-state index < -0.39 is 0 Å². The first-order valence-corrected chi connectivity index (χ1v) is 6.86. The van der Waals surface area contributed by atoms with Crippen molar-refractivity contribution >= 4 is 15.9 Å². The van der Waals surface area contributed by atoms with E-state index >= 15 is 0 Å². The Hall–Kier alpha value is -1.23. The lowest BCUT2D eigenvalue weighted by Gasteiger charge is -2.19. The SMILES string of the molecule is Cc1cc(F)ccc1C(Cc1cccc(Br)c1)NN. The van der Waals surface area contributed by atoms with Crippen molar-refractivity contribution in [1.82, 2.24) is 5.43 Å². The van der Waals surface area contributed by atoms with E-state index in [1.807, 2.05) is 25.1 Å². The Morgan fingerprint density at radius 2 is 2.05 bits per heavy atom. The molecule has 0 aliphatic heterocycles. The van der Waals surface area contributed by atoms with E-state index in [0.29, 0.717) is 0 Å². The fourth-order valence-electron chi connectivity index (χ4n) is 2.19. The summed E-state index contributed by atoms with van der Waals surface area (Å²) in [6.45, 7) is 1.89. The molecule has 0 heterocycles. The van der Waals surface area contributed by atoms with Crippen molar-refractivity contribution in [1.29, 1.82) is 0 Å². The van der Waals surface area contributed by atoms with Gasteiger partial charge in [-0.2, -0.15) is 0 Å². The van der Waals surface area contributed by atoms with E-state index in [-0.39, 0.29) is 11.9 Å². The maximum atomic E-state index is 13.1. The molecule has 0 saturated carbocycles. The topological polar surface area (TPSA) is 38.0 Å². The van der Waals surface area contributed by atoms with Gasteiger partial charge in [-0.05, 0) is 54.3 Å². The third-order valence-electron chi connectivity index (χ3n) is 3.14. The van der Waals surface area contributed by atoms with Gasteiger partial charge in [-0.15, -0.1) is 0 Å². The van der Waals surface area contributed by atoms with Gasteiger partial charge in [-0.1, -0.05) is 34.1 Å². The molecule has 19 heavy (non-hydrogen) atoms. The molecule has 2 rings (SSSR count). The zero-order chi connectivity index (χ0) is 13.8. The molecule has 1 unspecified atom stereocenters. The second-order valence-electron chi connectivity index (χ2n) is 4.55. The smallest absolute Gasteiger partial charge is 0.123 e. The molecule has 100 valence electrons. The van der Waals surface area contributed by atoms with Crippen LogP contribution in [0.1, 0.15) is 22.7 Å². The number of nitrogens with two attached hydrogens (primary N) is 1. The van der Waals surface area contributed by atoms with Crippen LogP contribution in [0.2, 0.25) is 0 Å². The van der Waals surface area contributed by atoms with Crippen LogP contribution in [-0.4, -0.2) is 0 Å². The third-order valence-corrected chi connectivity index (χ3v) is 3.63. The summed E-state index contributed by atoms with van der Waals surface area (Å²) in [7, 11) is 0. The highest BCUT2D eigenvalue weighted by Gasteiger charge is 2.13. The molecule has 0 saturated heterocycles. The van der Waals surface area contributed by atoms with Crippen molar-refractivity contribution in [3.05, 3.63) is 69.4 Å². The molecular formula is C15H16BrFN2. The minimum absolute atomic E-state index is 0.0325. The molecule has 2 aromatic carbocycles.